The maximum absolute atomic E-state index is 11.0. The summed E-state index contributed by atoms with van der Waals surface area (Å²) in [6, 6.07) is 15.5. The highest BCUT2D eigenvalue weighted by Gasteiger charge is 2.02. The first-order chi connectivity index (χ1) is 10.2. The number of carbonyl (C=O) groups is 1. The van der Waals surface area contributed by atoms with Crippen molar-refractivity contribution in [3.8, 4) is 5.75 Å². The fourth-order valence-electron chi connectivity index (χ4n) is 1.71. The van der Waals surface area contributed by atoms with Gasteiger partial charge in [-0.2, -0.15) is 0 Å². The molecule has 0 unspecified atom stereocenters. The van der Waals surface area contributed by atoms with Gasteiger partial charge in [-0.25, -0.2) is 4.79 Å². The molecule has 0 aliphatic heterocycles. The molecular formula is C16H16BrNO3. The van der Waals surface area contributed by atoms with Crippen LogP contribution in [-0.2, 0) is 16.1 Å². The van der Waals surface area contributed by atoms with E-state index in [4.69, 9.17) is 4.74 Å². The monoisotopic (exact) mass is 349 g/mol. The second-order valence-electron chi connectivity index (χ2n) is 4.33. The second kappa shape index (κ2) is 7.69. The van der Waals surface area contributed by atoms with Crippen LogP contribution in [0.4, 0.5) is 5.69 Å². The van der Waals surface area contributed by atoms with Crippen LogP contribution < -0.4 is 10.1 Å². The number of carbonyl (C=O) groups excluding carboxylic acids is 1. The van der Waals surface area contributed by atoms with Gasteiger partial charge in [0.2, 0.25) is 0 Å². The predicted octanol–water partition coefficient (Wildman–Crippen LogP) is 3.61. The largest absolute Gasteiger partial charge is 0.482 e. The van der Waals surface area contributed by atoms with Crippen LogP contribution in [0.25, 0.3) is 0 Å². The third kappa shape index (κ3) is 4.79. The lowest BCUT2D eigenvalue weighted by Gasteiger charge is -2.09. The van der Waals surface area contributed by atoms with Crippen LogP contribution in [0.1, 0.15) is 5.56 Å². The normalized spacial score (nSPS) is 10.0. The van der Waals surface area contributed by atoms with Crippen LogP contribution in [0, 0.1) is 0 Å². The van der Waals surface area contributed by atoms with Gasteiger partial charge in [-0.05, 0) is 35.9 Å². The van der Waals surface area contributed by atoms with Crippen LogP contribution in [-0.4, -0.2) is 19.7 Å². The number of hydrogen-bond acceptors (Lipinski definition) is 4. The van der Waals surface area contributed by atoms with E-state index in [9.17, 15) is 4.79 Å². The quantitative estimate of drug-likeness (QED) is 0.809. The summed E-state index contributed by atoms with van der Waals surface area (Å²) >= 11 is 3.52. The molecule has 0 saturated carbocycles. The van der Waals surface area contributed by atoms with E-state index < -0.39 is 5.97 Å². The Bertz CT molecular complexity index is 599. The van der Waals surface area contributed by atoms with Crippen molar-refractivity contribution in [1.82, 2.24) is 0 Å². The second-order valence-corrected chi connectivity index (χ2v) is 5.19. The number of halogens is 1. The maximum Gasteiger partial charge on any atom is 0.343 e. The van der Waals surface area contributed by atoms with E-state index in [1.165, 1.54) is 12.7 Å². The van der Waals surface area contributed by atoms with E-state index in [2.05, 4.69) is 32.0 Å². The molecule has 5 heteroatoms. The molecule has 0 saturated heterocycles. The average molecular weight is 350 g/mol. The minimum atomic E-state index is -0.397. The van der Waals surface area contributed by atoms with Crippen LogP contribution in [0.5, 0.6) is 5.75 Å². The summed E-state index contributed by atoms with van der Waals surface area (Å²) in [6.45, 7) is 0.643. The zero-order valence-corrected chi connectivity index (χ0v) is 13.2. The Balaban J connectivity index is 1.88. The summed E-state index contributed by atoms with van der Waals surface area (Å²) in [4.78, 5) is 11.0. The Morgan fingerprint density at radius 1 is 1.14 bits per heavy atom. The standard InChI is InChI=1S/C16H16BrNO3/c1-20-16(19)11-21-14-8-6-13(7-9-14)18-10-12-4-2-3-5-15(12)17/h2-9,18H,10-11H2,1H3. The van der Waals surface area contributed by atoms with Gasteiger partial charge in [0.05, 0.1) is 7.11 Å². The summed E-state index contributed by atoms with van der Waals surface area (Å²) in [5.41, 5.74) is 2.17. The zero-order chi connectivity index (χ0) is 15.1. The number of hydrogen-bond donors (Lipinski definition) is 1. The van der Waals surface area contributed by atoms with Crippen molar-refractivity contribution in [1.29, 1.82) is 0 Å². The molecule has 2 aromatic carbocycles. The smallest absolute Gasteiger partial charge is 0.343 e. The molecule has 0 atom stereocenters. The van der Waals surface area contributed by atoms with Crippen molar-refractivity contribution < 1.29 is 14.3 Å². The average Bonchev–Trinajstić information content (AvgIpc) is 2.53. The minimum Gasteiger partial charge on any atom is -0.482 e. The molecule has 0 aliphatic rings. The van der Waals surface area contributed by atoms with Crippen LogP contribution in [0.2, 0.25) is 0 Å². The Hall–Kier alpha value is -2.01. The number of benzene rings is 2. The molecule has 0 heterocycles. The molecule has 1 N–H and O–H groups in total. The van der Waals surface area contributed by atoms with E-state index in [-0.39, 0.29) is 6.61 Å². The van der Waals surface area contributed by atoms with E-state index in [0.717, 1.165) is 16.7 Å². The van der Waals surface area contributed by atoms with Crippen LogP contribution in [0.15, 0.2) is 53.0 Å². The molecule has 0 fully saturated rings. The van der Waals surface area contributed by atoms with Gasteiger partial charge in [-0.15, -0.1) is 0 Å². The zero-order valence-electron chi connectivity index (χ0n) is 11.6. The first-order valence-corrected chi connectivity index (χ1v) is 7.25. The molecule has 4 nitrogen and oxygen atoms in total. The number of ether oxygens (including phenoxy) is 2. The van der Waals surface area contributed by atoms with Crippen molar-refractivity contribution in [2.45, 2.75) is 6.54 Å². The predicted molar refractivity (Wildman–Crippen MR) is 85.4 cm³/mol. The van der Waals surface area contributed by atoms with E-state index in [1.807, 2.05) is 42.5 Å². The van der Waals surface area contributed by atoms with E-state index in [1.54, 1.807) is 0 Å². The first-order valence-electron chi connectivity index (χ1n) is 6.46. The lowest BCUT2D eigenvalue weighted by atomic mass is 10.2. The first kappa shape index (κ1) is 15.4. The SMILES string of the molecule is COC(=O)COc1ccc(NCc2ccccc2Br)cc1. The highest BCUT2D eigenvalue weighted by Crippen LogP contribution is 2.19. The molecule has 0 bridgehead atoms. The number of nitrogens with one attached hydrogen (secondary N) is 1. The van der Waals surface area contributed by atoms with E-state index in [0.29, 0.717) is 5.75 Å². The van der Waals surface area contributed by atoms with Crippen LogP contribution in [0.3, 0.4) is 0 Å². The molecule has 0 aromatic heterocycles. The lowest BCUT2D eigenvalue weighted by molar-refractivity contribution is -0.142. The van der Waals surface area contributed by atoms with Crippen molar-refractivity contribution in [2.75, 3.05) is 19.0 Å². The summed E-state index contributed by atoms with van der Waals surface area (Å²) < 4.78 is 10.9. The number of anilines is 1. The molecule has 110 valence electrons. The van der Waals surface area contributed by atoms with Crippen molar-refractivity contribution in [3.05, 3.63) is 58.6 Å². The van der Waals surface area contributed by atoms with Gasteiger partial charge in [-0.1, -0.05) is 34.1 Å². The molecular weight excluding hydrogens is 334 g/mol. The highest BCUT2D eigenvalue weighted by molar-refractivity contribution is 9.10. The third-order valence-corrected chi connectivity index (χ3v) is 3.65. The Morgan fingerprint density at radius 3 is 2.52 bits per heavy atom. The third-order valence-electron chi connectivity index (χ3n) is 2.88. The van der Waals surface area contributed by atoms with E-state index >= 15 is 0 Å². The summed E-state index contributed by atoms with van der Waals surface area (Å²) in [5, 5.41) is 3.33. The molecule has 0 aliphatic carbocycles. The van der Waals surface area contributed by atoms with Crippen molar-refractivity contribution >= 4 is 27.6 Å². The fourth-order valence-corrected chi connectivity index (χ4v) is 2.13. The number of methoxy groups -OCH3 is 1. The summed E-state index contributed by atoms with van der Waals surface area (Å²) in [7, 11) is 1.33. The molecule has 0 radical (unpaired) electrons. The molecule has 2 rings (SSSR count). The Morgan fingerprint density at radius 2 is 1.86 bits per heavy atom. The van der Waals surface area contributed by atoms with Gasteiger partial charge in [0.1, 0.15) is 5.75 Å². The van der Waals surface area contributed by atoms with Gasteiger partial charge >= 0.3 is 5.97 Å². The van der Waals surface area contributed by atoms with Crippen molar-refractivity contribution in [2.24, 2.45) is 0 Å². The van der Waals surface area contributed by atoms with Gasteiger partial charge in [0.15, 0.2) is 6.61 Å². The molecule has 21 heavy (non-hydrogen) atoms. The van der Waals surface area contributed by atoms with Gasteiger partial charge in [0, 0.05) is 16.7 Å². The van der Waals surface area contributed by atoms with Gasteiger partial charge < -0.3 is 14.8 Å². The minimum absolute atomic E-state index is 0.0831. The van der Waals surface area contributed by atoms with Crippen LogP contribution >= 0.6 is 15.9 Å². The lowest BCUT2D eigenvalue weighted by Crippen LogP contribution is -2.12. The summed E-state index contributed by atoms with van der Waals surface area (Å²) in [6.07, 6.45) is 0. The van der Waals surface area contributed by atoms with Gasteiger partial charge in [0.25, 0.3) is 0 Å². The van der Waals surface area contributed by atoms with Crippen molar-refractivity contribution in [3.63, 3.8) is 0 Å². The molecule has 0 spiro atoms. The maximum atomic E-state index is 11.0. The number of esters is 1. The topological polar surface area (TPSA) is 47.6 Å². The summed E-state index contributed by atoms with van der Waals surface area (Å²) in [5.74, 6) is 0.234. The number of rotatable bonds is 6. The Labute approximate surface area is 132 Å². The highest BCUT2D eigenvalue weighted by atomic mass is 79.9. The van der Waals surface area contributed by atoms with Gasteiger partial charge in [-0.3, -0.25) is 0 Å². The molecule has 0 amide bonds. The fraction of sp³-hybridized carbons (Fsp3) is 0.188. The Kier molecular flexibility index (Phi) is 5.63. The molecule has 2 aromatic rings.